The van der Waals surface area contributed by atoms with E-state index in [4.69, 9.17) is 9.47 Å². The molecule has 1 N–H and O–H groups in total. The van der Waals surface area contributed by atoms with Gasteiger partial charge in [0.25, 0.3) is 0 Å². The predicted octanol–water partition coefficient (Wildman–Crippen LogP) is 3.27. The summed E-state index contributed by atoms with van der Waals surface area (Å²) in [7, 11) is 3.19. The molecule has 1 aromatic carbocycles. The van der Waals surface area contributed by atoms with Crippen LogP contribution < -0.4 is 14.8 Å². The maximum absolute atomic E-state index is 12.8. The van der Waals surface area contributed by atoms with Crippen LogP contribution in [0.1, 0.15) is 23.5 Å². The zero-order valence-corrected chi connectivity index (χ0v) is 14.8. The molecule has 2 aromatic rings. The van der Waals surface area contributed by atoms with Crippen LogP contribution in [0.5, 0.6) is 11.5 Å². The lowest BCUT2D eigenvalue weighted by Gasteiger charge is -2.24. The van der Waals surface area contributed by atoms with Gasteiger partial charge in [0.05, 0.1) is 14.2 Å². The van der Waals surface area contributed by atoms with Gasteiger partial charge in [0.1, 0.15) is 5.82 Å². The molecule has 0 aliphatic carbocycles. The summed E-state index contributed by atoms with van der Waals surface area (Å²) in [6.07, 6.45) is -1.89. The second-order valence-corrected chi connectivity index (χ2v) is 6.38. The van der Waals surface area contributed by atoms with Crippen LogP contribution in [0.4, 0.5) is 13.2 Å². The molecule has 0 fully saturated rings. The van der Waals surface area contributed by atoms with Crippen molar-refractivity contribution in [3.05, 3.63) is 41.5 Å². The minimum atomic E-state index is -4.39. The van der Waals surface area contributed by atoms with Crippen molar-refractivity contribution in [1.82, 2.24) is 14.9 Å². The SMILES string of the molecule is COc1cccc(CNC[C@@H]2CCc3nc(C(F)(F)F)cn3C2)c1OC. The minimum Gasteiger partial charge on any atom is -0.493 e. The van der Waals surface area contributed by atoms with E-state index in [0.717, 1.165) is 18.2 Å². The van der Waals surface area contributed by atoms with E-state index in [1.165, 1.54) is 0 Å². The normalized spacial score (nSPS) is 17.0. The second-order valence-electron chi connectivity index (χ2n) is 6.38. The first kappa shape index (κ1) is 18.6. The van der Waals surface area contributed by atoms with Gasteiger partial charge >= 0.3 is 6.18 Å². The van der Waals surface area contributed by atoms with Gasteiger partial charge in [-0.25, -0.2) is 4.98 Å². The van der Waals surface area contributed by atoms with Crippen LogP contribution in [0, 0.1) is 5.92 Å². The average Bonchev–Trinajstić information content (AvgIpc) is 3.05. The summed E-state index contributed by atoms with van der Waals surface area (Å²) >= 11 is 0. The van der Waals surface area contributed by atoms with E-state index in [1.54, 1.807) is 18.8 Å². The highest BCUT2D eigenvalue weighted by molar-refractivity contribution is 5.46. The number of rotatable bonds is 6. The van der Waals surface area contributed by atoms with Crippen molar-refractivity contribution < 1.29 is 22.6 Å². The van der Waals surface area contributed by atoms with Crippen molar-refractivity contribution in [1.29, 1.82) is 0 Å². The van der Waals surface area contributed by atoms with Crippen molar-refractivity contribution in [3.8, 4) is 11.5 Å². The number of para-hydroxylation sites is 1. The number of hydrogen-bond donors (Lipinski definition) is 1. The largest absolute Gasteiger partial charge is 0.493 e. The van der Waals surface area contributed by atoms with Crippen LogP contribution in [-0.4, -0.2) is 30.3 Å². The van der Waals surface area contributed by atoms with Gasteiger partial charge in [-0.05, 0) is 24.9 Å². The van der Waals surface area contributed by atoms with Crippen molar-refractivity contribution in [3.63, 3.8) is 0 Å². The van der Waals surface area contributed by atoms with E-state index in [-0.39, 0.29) is 5.92 Å². The number of halogens is 3. The molecule has 1 atom stereocenters. The summed E-state index contributed by atoms with van der Waals surface area (Å²) < 4.78 is 50.7. The number of nitrogens with zero attached hydrogens (tertiary/aromatic N) is 2. The fraction of sp³-hybridized carbons (Fsp3) is 0.500. The summed E-state index contributed by atoms with van der Waals surface area (Å²) in [5.41, 5.74) is 0.174. The van der Waals surface area contributed by atoms with E-state index in [1.807, 2.05) is 18.2 Å². The molecule has 0 radical (unpaired) electrons. The number of aryl methyl sites for hydroxylation is 1. The number of fused-ring (bicyclic) bond motifs is 1. The maximum Gasteiger partial charge on any atom is 0.434 e. The summed E-state index contributed by atoms with van der Waals surface area (Å²) in [6.45, 7) is 1.85. The van der Waals surface area contributed by atoms with Gasteiger partial charge in [0.15, 0.2) is 17.2 Å². The Balaban J connectivity index is 1.58. The van der Waals surface area contributed by atoms with E-state index in [0.29, 0.717) is 43.4 Å². The van der Waals surface area contributed by atoms with Gasteiger partial charge in [-0.2, -0.15) is 13.2 Å². The molecular weight excluding hydrogens is 347 g/mol. The average molecular weight is 369 g/mol. The molecule has 0 saturated carbocycles. The van der Waals surface area contributed by atoms with Gasteiger partial charge in [-0.15, -0.1) is 0 Å². The number of nitrogens with one attached hydrogen (secondary N) is 1. The quantitative estimate of drug-likeness (QED) is 0.849. The molecule has 5 nitrogen and oxygen atoms in total. The van der Waals surface area contributed by atoms with Crippen molar-refractivity contribution >= 4 is 0 Å². The van der Waals surface area contributed by atoms with Crippen LogP contribution in [0.2, 0.25) is 0 Å². The molecule has 0 unspecified atom stereocenters. The van der Waals surface area contributed by atoms with Crippen LogP contribution in [0.3, 0.4) is 0 Å². The Kier molecular flexibility index (Phi) is 5.41. The molecule has 26 heavy (non-hydrogen) atoms. The van der Waals surface area contributed by atoms with Crippen LogP contribution in [0.25, 0.3) is 0 Å². The zero-order valence-electron chi connectivity index (χ0n) is 14.8. The molecule has 142 valence electrons. The van der Waals surface area contributed by atoms with E-state index in [2.05, 4.69) is 10.3 Å². The predicted molar refractivity (Wildman–Crippen MR) is 90.3 cm³/mol. The highest BCUT2D eigenvalue weighted by atomic mass is 19.4. The second kappa shape index (κ2) is 7.57. The number of hydrogen-bond acceptors (Lipinski definition) is 4. The topological polar surface area (TPSA) is 48.3 Å². The third-order valence-electron chi connectivity index (χ3n) is 4.61. The minimum absolute atomic E-state index is 0.259. The number of imidazole rings is 1. The maximum atomic E-state index is 12.8. The molecule has 0 bridgehead atoms. The summed E-state index contributed by atoms with van der Waals surface area (Å²) in [5.74, 6) is 2.14. The number of methoxy groups -OCH3 is 2. The lowest BCUT2D eigenvalue weighted by molar-refractivity contribution is -0.141. The lowest BCUT2D eigenvalue weighted by Crippen LogP contribution is -2.29. The third-order valence-corrected chi connectivity index (χ3v) is 4.61. The molecule has 8 heteroatoms. The third kappa shape index (κ3) is 3.95. The molecule has 2 heterocycles. The van der Waals surface area contributed by atoms with Gasteiger partial charge in [-0.3, -0.25) is 0 Å². The lowest BCUT2D eigenvalue weighted by atomic mass is 9.99. The van der Waals surface area contributed by atoms with E-state index in [9.17, 15) is 13.2 Å². The van der Waals surface area contributed by atoms with Gasteiger partial charge < -0.3 is 19.4 Å². The Labute approximate surface area is 150 Å². The van der Waals surface area contributed by atoms with Gasteiger partial charge in [-0.1, -0.05) is 12.1 Å². The van der Waals surface area contributed by atoms with E-state index >= 15 is 0 Å². The molecule has 3 rings (SSSR count). The molecule has 0 spiro atoms. The Morgan fingerprint density at radius 3 is 2.77 bits per heavy atom. The number of alkyl halides is 3. The summed E-state index contributed by atoms with van der Waals surface area (Å²) in [4.78, 5) is 3.71. The monoisotopic (exact) mass is 369 g/mol. The first-order chi connectivity index (χ1) is 12.4. The van der Waals surface area contributed by atoms with Crippen molar-refractivity contribution in [2.24, 2.45) is 5.92 Å². The molecular formula is C18H22F3N3O2. The Morgan fingerprint density at radius 2 is 2.08 bits per heavy atom. The zero-order chi connectivity index (χ0) is 18.7. The Morgan fingerprint density at radius 1 is 1.27 bits per heavy atom. The fourth-order valence-corrected chi connectivity index (χ4v) is 3.32. The molecule has 1 aliphatic rings. The highest BCUT2D eigenvalue weighted by Gasteiger charge is 2.35. The smallest absolute Gasteiger partial charge is 0.434 e. The molecule has 0 saturated heterocycles. The van der Waals surface area contributed by atoms with Gasteiger partial charge in [0, 0.05) is 31.3 Å². The molecule has 0 amide bonds. The van der Waals surface area contributed by atoms with Crippen LogP contribution >= 0.6 is 0 Å². The summed E-state index contributed by atoms with van der Waals surface area (Å²) in [5, 5.41) is 3.37. The number of aromatic nitrogens is 2. The van der Waals surface area contributed by atoms with Crippen LogP contribution in [-0.2, 0) is 25.7 Å². The van der Waals surface area contributed by atoms with Gasteiger partial charge in [0.2, 0.25) is 0 Å². The Bertz CT molecular complexity index is 759. The van der Waals surface area contributed by atoms with E-state index < -0.39 is 11.9 Å². The van der Waals surface area contributed by atoms with Crippen molar-refractivity contribution in [2.75, 3.05) is 20.8 Å². The first-order valence-corrected chi connectivity index (χ1v) is 8.46. The standard InChI is InChI=1S/C18H22F3N3O2/c1-25-14-5-3-4-13(17(14)26-2)9-22-8-12-6-7-16-23-15(18(19,20)21)11-24(16)10-12/h3-5,11-12,22H,6-10H2,1-2H3/t12-/m0/s1. The summed E-state index contributed by atoms with van der Waals surface area (Å²) in [6, 6.07) is 5.69. The van der Waals surface area contributed by atoms with Crippen molar-refractivity contribution in [2.45, 2.75) is 32.1 Å². The first-order valence-electron chi connectivity index (χ1n) is 8.46. The fourth-order valence-electron chi connectivity index (χ4n) is 3.32. The Hall–Kier alpha value is -2.22. The number of ether oxygens (including phenoxy) is 2. The number of benzene rings is 1. The van der Waals surface area contributed by atoms with Crippen LogP contribution in [0.15, 0.2) is 24.4 Å². The molecule has 1 aromatic heterocycles. The molecule has 1 aliphatic heterocycles. The highest BCUT2D eigenvalue weighted by Crippen LogP contribution is 2.32.